The van der Waals surface area contributed by atoms with E-state index in [1.54, 1.807) is 0 Å². The van der Waals surface area contributed by atoms with E-state index in [1.165, 1.54) is 0 Å². The number of ether oxygens (including phenoxy) is 2. The standard InChI is InChI=1S/C16H25NO3/c1-4-19-14-7-5-6-8-15(14)20-10-9-17-11-16(18,12-17)13(2)3/h5-8,13,18H,4,9-12H2,1-3H3. The molecule has 0 unspecified atom stereocenters. The number of para-hydroxylation sites is 2. The zero-order valence-electron chi connectivity index (χ0n) is 12.6. The van der Waals surface area contributed by atoms with E-state index in [9.17, 15) is 5.11 Å². The molecule has 1 aromatic carbocycles. The molecule has 0 bridgehead atoms. The third kappa shape index (κ3) is 3.44. The Morgan fingerprint density at radius 1 is 1.20 bits per heavy atom. The normalized spacial score (nSPS) is 17.9. The Kier molecular flexibility index (Phi) is 4.89. The molecule has 0 spiro atoms. The van der Waals surface area contributed by atoms with Crippen molar-refractivity contribution >= 4 is 0 Å². The van der Waals surface area contributed by atoms with Gasteiger partial charge in [-0.05, 0) is 25.0 Å². The van der Waals surface area contributed by atoms with Gasteiger partial charge in [0.15, 0.2) is 11.5 Å². The van der Waals surface area contributed by atoms with Gasteiger partial charge in [0.1, 0.15) is 6.61 Å². The van der Waals surface area contributed by atoms with E-state index < -0.39 is 5.60 Å². The molecule has 0 radical (unpaired) electrons. The Hall–Kier alpha value is -1.26. The first-order chi connectivity index (χ1) is 9.55. The van der Waals surface area contributed by atoms with Gasteiger partial charge in [-0.15, -0.1) is 0 Å². The van der Waals surface area contributed by atoms with Gasteiger partial charge in [0.2, 0.25) is 0 Å². The third-order valence-corrected chi connectivity index (χ3v) is 3.88. The van der Waals surface area contributed by atoms with Crippen molar-refractivity contribution in [3.05, 3.63) is 24.3 Å². The molecule has 0 aromatic heterocycles. The van der Waals surface area contributed by atoms with E-state index in [2.05, 4.69) is 18.7 Å². The van der Waals surface area contributed by atoms with Crippen LogP contribution in [-0.4, -0.2) is 48.5 Å². The number of hydrogen-bond donors (Lipinski definition) is 1. The summed E-state index contributed by atoms with van der Waals surface area (Å²) in [5.74, 6) is 1.88. The summed E-state index contributed by atoms with van der Waals surface area (Å²) in [6, 6.07) is 7.72. The molecule has 4 heteroatoms. The number of nitrogens with zero attached hydrogens (tertiary/aromatic N) is 1. The van der Waals surface area contributed by atoms with Gasteiger partial charge >= 0.3 is 0 Å². The Morgan fingerprint density at radius 3 is 2.35 bits per heavy atom. The molecule has 1 heterocycles. The number of aliphatic hydroxyl groups is 1. The molecular formula is C16H25NO3. The molecule has 0 amide bonds. The van der Waals surface area contributed by atoms with Gasteiger partial charge in [-0.1, -0.05) is 26.0 Å². The van der Waals surface area contributed by atoms with E-state index >= 15 is 0 Å². The summed E-state index contributed by atoms with van der Waals surface area (Å²) in [4.78, 5) is 2.21. The maximum atomic E-state index is 10.2. The van der Waals surface area contributed by atoms with Crippen LogP contribution in [0.25, 0.3) is 0 Å². The minimum atomic E-state index is -0.511. The molecule has 1 saturated heterocycles. The molecule has 20 heavy (non-hydrogen) atoms. The smallest absolute Gasteiger partial charge is 0.161 e. The summed E-state index contributed by atoms with van der Waals surface area (Å²) in [7, 11) is 0. The highest BCUT2D eigenvalue weighted by molar-refractivity contribution is 5.39. The van der Waals surface area contributed by atoms with Crippen molar-refractivity contribution in [1.82, 2.24) is 4.90 Å². The quantitative estimate of drug-likeness (QED) is 0.830. The number of hydrogen-bond acceptors (Lipinski definition) is 4. The monoisotopic (exact) mass is 279 g/mol. The highest BCUT2D eigenvalue weighted by atomic mass is 16.5. The largest absolute Gasteiger partial charge is 0.490 e. The second-order valence-electron chi connectivity index (χ2n) is 5.70. The second-order valence-corrected chi connectivity index (χ2v) is 5.70. The van der Waals surface area contributed by atoms with Crippen LogP contribution in [0.5, 0.6) is 11.5 Å². The lowest BCUT2D eigenvalue weighted by Gasteiger charge is -2.49. The van der Waals surface area contributed by atoms with Crippen molar-refractivity contribution in [3.8, 4) is 11.5 Å². The molecule has 1 fully saturated rings. The predicted octanol–water partition coefficient (Wildman–Crippen LogP) is 2.17. The fraction of sp³-hybridized carbons (Fsp3) is 0.625. The summed E-state index contributed by atoms with van der Waals surface area (Å²) in [6.07, 6.45) is 0. The predicted molar refractivity (Wildman–Crippen MR) is 79.3 cm³/mol. The van der Waals surface area contributed by atoms with E-state index in [0.29, 0.717) is 19.1 Å². The maximum Gasteiger partial charge on any atom is 0.161 e. The molecule has 1 N–H and O–H groups in total. The van der Waals surface area contributed by atoms with Crippen molar-refractivity contribution in [3.63, 3.8) is 0 Å². The molecule has 1 aromatic rings. The first kappa shape index (κ1) is 15.1. The second kappa shape index (κ2) is 6.46. The number of rotatable bonds is 7. The summed E-state index contributed by atoms with van der Waals surface area (Å²) in [5.41, 5.74) is -0.511. The van der Waals surface area contributed by atoms with Crippen LogP contribution >= 0.6 is 0 Å². The van der Waals surface area contributed by atoms with Gasteiger partial charge in [0.25, 0.3) is 0 Å². The fourth-order valence-electron chi connectivity index (χ4n) is 2.38. The van der Waals surface area contributed by atoms with Crippen LogP contribution in [0.1, 0.15) is 20.8 Å². The van der Waals surface area contributed by atoms with Gasteiger partial charge in [-0.2, -0.15) is 0 Å². The van der Waals surface area contributed by atoms with Crippen molar-refractivity contribution in [2.75, 3.05) is 32.8 Å². The average Bonchev–Trinajstić information content (AvgIpc) is 2.38. The molecule has 1 aliphatic rings. The summed E-state index contributed by atoms with van der Waals surface area (Å²) in [5, 5.41) is 10.2. The van der Waals surface area contributed by atoms with E-state index in [-0.39, 0.29) is 0 Å². The lowest BCUT2D eigenvalue weighted by atomic mass is 9.83. The van der Waals surface area contributed by atoms with E-state index in [4.69, 9.17) is 9.47 Å². The minimum Gasteiger partial charge on any atom is -0.490 e. The molecule has 1 aliphatic heterocycles. The Balaban J connectivity index is 1.75. The van der Waals surface area contributed by atoms with Crippen LogP contribution in [0.2, 0.25) is 0 Å². The van der Waals surface area contributed by atoms with Crippen molar-refractivity contribution in [2.45, 2.75) is 26.4 Å². The Bertz CT molecular complexity index is 427. The summed E-state index contributed by atoms with van der Waals surface area (Å²) < 4.78 is 11.3. The highest BCUT2D eigenvalue weighted by Crippen LogP contribution is 2.29. The molecule has 112 valence electrons. The first-order valence-corrected chi connectivity index (χ1v) is 7.34. The lowest BCUT2D eigenvalue weighted by Crippen LogP contribution is -2.64. The SMILES string of the molecule is CCOc1ccccc1OCCN1CC(O)(C(C)C)C1. The zero-order valence-corrected chi connectivity index (χ0v) is 12.6. The van der Waals surface area contributed by atoms with Crippen molar-refractivity contribution in [2.24, 2.45) is 5.92 Å². The topological polar surface area (TPSA) is 41.9 Å². The van der Waals surface area contributed by atoms with Gasteiger partial charge < -0.3 is 14.6 Å². The van der Waals surface area contributed by atoms with E-state index in [1.807, 2.05) is 31.2 Å². The van der Waals surface area contributed by atoms with Gasteiger partial charge in [-0.3, -0.25) is 4.90 Å². The van der Waals surface area contributed by atoms with Crippen molar-refractivity contribution < 1.29 is 14.6 Å². The fourth-order valence-corrected chi connectivity index (χ4v) is 2.38. The molecule has 0 aliphatic carbocycles. The van der Waals surface area contributed by atoms with Gasteiger partial charge in [-0.25, -0.2) is 0 Å². The van der Waals surface area contributed by atoms with Gasteiger partial charge in [0, 0.05) is 19.6 Å². The first-order valence-electron chi connectivity index (χ1n) is 7.34. The van der Waals surface area contributed by atoms with Crippen LogP contribution in [0.3, 0.4) is 0 Å². The molecule has 4 nitrogen and oxygen atoms in total. The van der Waals surface area contributed by atoms with Crippen LogP contribution in [0.4, 0.5) is 0 Å². The molecule has 2 rings (SSSR count). The number of likely N-dealkylation sites (tertiary alicyclic amines) is 1. The third-order valence-electron chi connectivity index (χ3n) is 3.88. The zero-order chi connectivity index (χ0) is 14.6. The highest BCUT2D eigenvalue weighted by Gasteiger charge is 2.43. The summed E-state index contributed by atoms with van der Waals surface area (Å²) in [6.45, 7) is 9.63. The van der Waals surface area contributed by atoms with Crippen LogP contribution in [0, 0.1) is 5.92 Å². The van der Waals surface area contributed by atoms with Crippen LogP contribution in [0.15, 0.2) is 24.3 Å². The molecule has 0 atom stereocenters. The minimum absolute atomic E-state index is 0.304. The van der Waals surface area contributed by atoms with Crippen LogP contribution < -0.4 is 9.47 Å². The summed E-state index contributed by atoms with van der Waals surface area (Å²) >= 11 is 0. The number of benzene rings is 1. The Morgan fingerprint density at radius 2 is 1.80 bits per heavy atom. The number of β-amino-alcohol motifs (C(OH)–C–C–N with tert-alkyl or cyclic N) is 1. The van der Waals surface area contributed by atoms with Gasteiger partial charge in [0.05, 0.1) is 12.2 Å². The van der Waals surface area contributed by atoms with Crippen LogP contribution in [-0.2, 0) is 0 Å². The van der Waals surface area contributed by atoms with Crippen molar-refractivity contribution in [1.29, 1.82) is 0 Å². The molecule has 0 saturated carbocycles. The Labute approximate surface area is 121 Å². The molecular weight excluding hydrogens is 254 g/mol. The van der Waals surface area contributed by atoms with E-state index in [0.717, 1.165) is 31.1 Å². The maximum absolute atomic E-state index is 10.2. The lowest BCUT2D eigenvalue weighted by molar-refractivity contribution is -0.129. The average molecular weight is 279 g/mol.